The van der Waals surface area contributed by atoms with Gasteiger partial charge in [0.2, 0.25) is 0 Å². The summed E-state index contributed by atoms with van der Waals surface area (Å²) in [6.07, 6.45) is 19.5. The van der Waals surface area contributed by atoms with Crippen LogP contribution in [0.3, 0.4) is 0 Å². The number of ether oxygens (including phenoxy) is 3. The highest BCUT2D eigenvalue weighted by atomic mass is 35.5. The maximum absolute atomic E-state index is 5.73. The number of alkyl halides is 1. The number of halogens is 1. The average Bonchev–Trinajstić information content (AvgIpc) is 4.00. The van der Waals surface area contributed by atoms with Crippen LogP contribution < -0.4 is 0 Å². The van der Waals surface area contributed by atoms with Crippen LogP contribution in [0.1, 0.15) is 73.4 Å². The summed E-state index contributed by atoms with van der Waals surface area (Å²) >= 11 is 5.32. The van der Waals surface area contributed by atoms with Crippen molar-refractivity contribution >= 4 is 35.8 Å². The van der Waals surface area contributed by atoms with Gasteiger partial charge in [-0.05, 0) is 56.7 Å². The largest absolute Gasteiger partial charge is 0.366 e. The molecule has 6 rings (SSSR count). The van der Waals surface area contributed by atoms with E-state index < -0.39 is 24.2 Å². The average molecular weight is 752 g/mol. The van der Waals surface area contributed by atoms with E-state index in [1.54, 1.807) is 6.33 Å². The molecule has 1 N–H and O–H groups in total. The smallest absolute Gasteiger partial charge is 0.123 e. The van der Waals surface area contributed by atoms with Gasteiger partial charge in [-0.15, -0.1) is 0 Å². The Hall–Kier alpha value is -1.55. The minimum Gasteiger partial charge on any atom is -0.366 e. The van der Waals surface area contributed by atoms with Crippen LogP contribution in [-0.4, -0.2) is 79.2 Å². The lowest BCUT2D eigenvalue weighted by atomic mass is 10.3. The van der Waals surface area contributed by atoms with Crippen LogP contribution in [0.4, 0.5) is 0 Å². The van der Waals surface area contributed by atoms with Crippen molar-refractivity contribution in [1.82, 2.24) is 29.1 Å². The van der Waals surface area contributed by atoms with E-state index in [4.69, 9.17) is 25.8 Å². The molecular formula is C36H67ClN6O3Si3. The predicted molar refractivity (Wildman–Crippen MR) is 212 cm³/mol. The molecular weight excluding hydrogens is 684 g/mol. The molecule has 3 fully saturated rings. The lowest BCUT2D eigenvalue weighted by Gasteiger charge is -2.16. The molecule has 0 aromatic carbocycles. The Morgan fingerprint density at radius 3 is 1.73 bits per heavy atom. The molecule has 3 saturated carbocycles. The van der Waals surface area contributed by atoms with E-state index in [9.17, 15) is 0 Å². The van der Waals surface area contributed by atoms with Gasteiger partial charge in [0, 0.05) is 91.8 Å². The number of rotatable bonds is 17. The zero-order valence-corrected chi connectivity index (χ0v) is 35.9. The maximum atomic E-state index is 5.73. The van der Waals surface area contributed by atoms with Crippen molar-refractivity contribution in [3.8, 4) is 0 Å². The van der Waals surface area contributed by atoms with Crippen LogP contribution in [0.2, 0.25) is 77.1 Å². The molecule has 9 nitrogen and oxygen atoms in total. The topological polar surface area (TPSA) is 92.0 Å². The van der Waals surface area contributed by atoms with Crippen LogP contribution in [0, 0.1) is 0 Å². The van der Waals surface area contributed by atoms with Gasteiger partial charge in [0.05, 0.1) is 24.7 Å². The fraction of sp³-hybridized carbons (Fsp3) is 0.750. The van der Waals surface area contributed by atoms with Crippen molar-refractivity contribution in [2.75, 3.05) is 25.9 Å². The standard InChI is InChI=1S/2C12H22N2OSi.C6H15ClOSi.C6H8N2/c1-16(2,3)7-6-15-10-14-8-12(13-9-14)11-4-5-11;1-16(2,3)7-6-15-10-14-9-13-8-12(14)11-4-5-11;1-9(2,3)5-4-8-6-7;1-2-5(1)6-3-7-4-8-6/h2*8-9,11H,4-7,10H2,1-3H3;4-6H2,1-3H3;3-5H,1-2H2,(H,7,8). The SMILES string of the molecule is C[Si](C)(C)CCOCCl.C[Si](C)(C)CCOCn1cnc(C2CC2)c1.C[Si](C)(C)CCOCn1cncc1C1CC1.c1ncc(C2CC2)[nH]1. The maximum Gasteiger partial charge on any atom is 0.123 e. The Kier molecular flexibility index (Phi) is 17.5. The van der Waals surface area contributed by atoms with E-state index in [0.717, 1.165) is 37.6 Å². The van der Waals surface area contributed by atoms with Gasteiger partial charge in [-0.25, -0.2) is 15.0 Å². The molecule has 0 amide bonds. The molecule has 0 bridgehead atoms. The third-order valence-electron chi connectivity index (χ3n) is 8.46. The second-order valence-electron chi connectivity index (χ2n) is 17.5. The summed E-state index contributed by atoms with van der Waals surface area (Å²) in [6, 6.07) is 4.02. The fourth-order valence-electron chi connectivity index (χ4n) is 4.60. The van der Waals surface area contributed by atoms with Crippen LogP contribution in [0.25, 0.3) is 0 Å². The summed E-state index contributed by atoms with van der Waals surface area (Å²) in [7, 11) is -2.78. The predicted octanol–water partition coefficient (Wildman–Crippen LogP) is 9.97. The highest BCUT2D eigenvalue weighted by Crippen LogP contribution is 2.40. The summed E-state index contributed by atoms with van der Waals surface area (Å²) in [5.41, 5.74) is 3.91. The quantitative estimate of drug-likeness (QED) is 0.0839. The van der Waals surface area contributed by atoms with E-state index in [0.29, 0.717) is 19.5 Å². The van der Waals surface area contributed by atoms with E-state index in [1.165, 1.54) is 73.7 Å². The summed E-state index contributed by atoms with van der Waals surface area (Å²) in [5, 5.41) is 0. The van der Waals surface area contributed by atoms with Crippen LogP contribution in [0.5, 0.6) is 0 Å². The lowest BCUT2D eigenvalue weighted by molar-refractivity contribution is 0.0853. The molecule has 3 aromatic rings. The molecule has 13 heteroatoms. The van der Waals surface area contributed by atoms with Crippen molar-refractivity contribution in [2.24, 2.45) is 0 Å². The number of hydrogen-bond donors (Lipinski definition) is 1. The Labute approximate surface area is 305 Å². The third-order valence-corrected chi connectivity index (χ3v) is 13.7. The monoisotopic (exact) mass is 750 g/mol. The second kappa shape index (κ2) is 20.5. The molecule has 3 aliphatic rings. The van der Waals surface area contributed by atoms with Crippen LogP contribution in [0.15, 0.2) is 37.6 Å². The van der Waals surface area contributed by atoms with Gasteiger partial charge in [0.25, 0.3) is 0 Å². The second-order valence-corrected chi connectivity index (χ2v) is 34.5. The van der Waals surface area contributed by atoms with E-state index >= 15 is 0 Å². The van der Waals surface area contributed by atoms with E-state index in [1.807, 2.05) is 25.0 Å². The zero-order chi connectivity index (χ0) is 35.9. The number of imidazole rings is 3. The third kappa shape index (κ3) is 20.2. The Morgan fingerprint density at radius 1 is 0.694 bits per heavy atom. The van der Waals surface area contributed by atoms with E-state index in [-0.39, 0.29) is 0 Å². The van der Waals surface area contributed by atoms with Crippen molar-refractivity contribution in [1.29, 1.82) is 0 Å². The van der Waals surface area contributed by atoms with Gasteiger partial charge in [-0.3, -0.25) is 0 Å². The molecule has 3 aliphatic carbocycles. The first kappa shape index (κ1) is 41.9. The van der Waals surface area contributed by atoms with Crippen molar-refractivity contribution < 1.29 is 14.2 Å². The highest BCUT2D eigenvalue weighted by molar-refractivity contribution is 6.76. The summed E-state index contributed by atoms with van der Waals surface area (Å²) in [6.45, 7) is 25.2. The van der Waals surface area contributed by atoms with Crippen molar-refractivity contribution in [2.45, 2.75) is 147 Å². The van der Waals surface area contributed by atoms with Gasteiger partial charge in [0.1, 0.15) is 19.5 Å². The zero-order valence-electron chi connectivity index (χ0n) is 32.1. The van der Waals surface area contributed by atoms with Crippen LogP contribution in [-0.2, 0) is 27.7 Å². The first-order valence-corrected chi connectivity index (χ1v) is 30.1. The highest BCUT2D eigenvalue weighted by Gasteiger charge is 2.27. The summed E-state index contributed by atoms with van der Waals surface area (Å²) in [4.78, 5) is 15.6. The van der Waals surface area contributed by atoms with Gasteiger partial charge in [0.15, 0.2) is 0 Å². The number of nitrogens with one attached hydrogen (secondary N) is 1. The Balaban J connectivity index is 0.000000185. The number of nitrogens with zero attached hydrogens (tertiary/aromatic N) is 5. The summed E-state index contributed by atoms with van der Waals surface area (Å²) in [5.74, 6) is 2.31. The minimum atomic E-state index is -0.952. The molecule has 49 heavy (non-hydrogen) atoms. The molecule has 0 unspecified atom stereocenters. The Bertz CT molecular complexity index is 1290. The van der Waals surface area contributed by atoms with Crippen LogP contribution >= 0.6 is 11.6 Å². The Morgan fingerprint density at radius 2 is 1.24 bits per heavy atom. The molecule has 278 valence electrons. The summed E-state index contributed by atoms with van der Waals surface area (Å²) < 4.78 is 20.6. The van der Waals surface area contributed by atoms with Gasteiger partial charge < -0.3 is 28.3 Å². The van der Waals surface area contributed by atoms with Crippen molar-refractivity contribution in [3.63, 3.8) is 0 Å². The number of hydrogen-bond acceptors (Lipinski definition) is 6. The molecule has 0 saturated heterocycles. The molecule has 0 atom stereocenters. The van der Waals surface area contributed by atoms with Gasteiger partial charge >= 0.3 is 0 Å². The van der Waals surface area contributed by atoms with Gasteiger partial charge in [-0.2, -0.15) is 0 Å². The van der Waals surface area contributed by atoms with Crippen molar-refractivity contribution in [3.05, 3.63) is 54.7 Å². The molecule has 0 spiro atoms. The normalized spacial score (nSPS) is 16.2. The number of aromatic amines is 1. The molecule has 3 heterocycles. The number of aromatic nitrogens is 6. The molecule has 0 aliphatic heterocycles. The van der Waals surface area contributed by atoms with E-state index in [2.05, 4.69) is 94.2 Å². The minimum absolute atomic E-state index is 0.338. The number of H-pyrrole nitrogens is 1. The lowest BCUT2D eigenvalue weighted by Crippen LogP contribution is -2.22. The first-order valence-electron chi connectivity index (χ1n) is 18.4. The molecule has 3 aromatic heterocycles. The van der Waals surface area contributed by atoms with Gasteiger partial charge in [-0.1, -0.05) is 70.5 Å². The molecule has 0 radical (unpaired) electrons. The fourth-order valence-corrected chi connectivity index (χ4v) is 6.98. The first-order chi connectivity index (χ1) is 23.1.